The molecular formula is C22H22ClN5O2S. The molecule has 2 aromatic carbocycles. The first-order valence-corrected chi connectivity index (χ1v) is 11.0. The summed E-state index contributed by atoms with van der Waals surface area (Å²) in [6.07, 6.45) is 2.30. The van der Waals surface area contributed by atoms with Crippen molar-refractivity contribution in [3.8, 4) is 5.75 Å². The number of carbonyl (C=O) groups is 1. The number of methoxy groups -OCH3 is 1. The average molecular weight is 456 g/mol. The molecule has 0 atom stereocenters. The number of benzene rings is 2. The summed E-state index contributed by atoms with van der Waals surface area (Å²) in [4.78, 5) is 30.9. The summed E-state index contributed by atoms with van der Waals surface area (Å²) in [6.45, 7) is 1.33. The van der Waals surface area contributed by atoms with E-state index in [9.17, 15) is 4.79 Å². The van der Waals surface area contributed by atoms with Gasteiger partial charge < -0.3 is 9.64 Å². The number of anilines is 1. The molecule has 2 aromatic heterocycles. The molecule has 0 radical (unpaired) electrons. The van der Waals surface area contributed by atoms with Gasteiger partial charge in [-0.1, -0.05) is 35.1 Å². The molecule has 7 nitrogen and oxygen atoms in total. The minimum absolute atomic E-state index is 0.244. The Kier molecular flexibility index (Phi) is 6.31. The number of halogens is 1. The lowest BCUT2D eigenvalue weighted by atomic mass is 10.2. The van der Waals surface area contributed by atoms with E-state index in [1.165, 1.54) is 17.5 Å². The fourth-order valence-corrected chi connectivity index (χ4v) is 4.53. The van der Waals surface area contributed by atoms with Crippen molar-refractivity contribution in [2.75, 3.05) is 39.2 Å². The van der Waals surface area contributed by atoms with Crippen molar-refractivity contribution in [1.82, 2.24) is 19.9 Å². The molecule has 4 rings (SSSR count). The molecule has 0 aliphatic rings. The molecule has 0 saturated carbocycles. The zero-order chi connectivity index (χ0) is 22.0. The summed E-state index contributed by atoms with van der Waals surface area (Å²) in [7, 11) is 5.60. The van der Waals surface area contributed by atoms with Crippen molar-refractivity contribution in [2.24, 2.45) is 0 Å². The van der Waals surface area contributed by atoms with Gasteiger partial charge in [-0.2, -0.15) is 0 Å². The highest BCUT2D eigenvalue weighted by molar-refractivity contribution is 7.23. The van der Waals surface area contributed by atoms with Gasteiger partial charge in [0.25, 0.3) is 5.91 Å². The van der Waals surface area contributed by atoms with Crippen LogP contribution in [-0.4, -0.2) is 60.1 Å². The van der Waals surface area contributed by atoms with Crippen LogP contribution in [0.15, 0.2) is 42.6 Å². The molecule has 9 heteroatoms. The van der Waals surface area contributed by atoms with Crippen LogP contribution in [0.2, 0.25) is 5.02 Å². The summed E-state index contributed by atoms with van der Waals surface area (Å²) < 4.78 is 6.22. The second-order valence-electron chi connectivity index (χ2n) is 7.28. The van der Waals surface area contributed by atoms with Gasteiger partial charge in [0.15, 0.2) is 5.13 Å². The molecular weight excluding hydrogens is 434 g/mol. The fourth-order valence-electron chi connectivity index (χ4n) is 3.25. The zero-order valence-electron chi connectivity index (χ0n) is 17.5. The van der Waals surface area contributed by atoms with E-state index in [1.54, 1.807) is 24.1 Å². The maximum absolute atomic E-state index is 13.5. The summed E-state index contributed by atoms with van der Waals surface area (Å²) in [5.41, 5.74) is 2.34. The van der Waals surface area contributed by atoms with Gasteiger partial charge in [0.1, 0.15) is 17.0 Å². The number of nitrogens with zero attached hydrogens (tertiary/aromatic N) is 5. The predicted octanol–water partition coefficient (Wildman–Crippen LogP) is 4.50. The van der Waals surface area contributed by atoms with Crippen LogP contribution in [0.4, 0.5) is 5.13 Å². The predicted molar refractivity (Wildman–Crippen MR) is 126 cm³/mol. The molecule has 0 fully saturated rings. The average Bonchev–Trinajstić information content (AvgIpc) is 3.22. The number of para-hydroxylation sites is 2. The summed E-state index contributed by atoms with van der Waals surface area (Å²) in [5.74, 6) is 0.374. The lowest BCUT2D eigenvalue weighted by molar-refractivity contribution is 0.0981. The Balaban J connectivity index is 1.75. The molecule has 0 aliphatic carbocycles. The number of carbonyl (C=O) groups excluding carboxylic acids is 1. The second-order valence-corrected chi connectivity index (χ2v) is 8.67. The van der Waals surface area contributed by atoms with E-state index in [-0.39, 0.29) is 11.6 Å². The van der Waals surface area contributed by atoms with Crippen LogP contribution < -0.4 is 9.64 Å². The fraction of sp³-hybridized carbons (Fsp3) is 0.273. The third-order valence-electron chi connectivity index (χ3n) is 4.80. The van der Waals surface area contributed by atoms with Crippen LogP contribution in [0.1, 0.15) is 16.9 Å². The number of fused-ring (bicyclic) bond motifs is 2. The highest BCUT2D eigenvalue weighted by Gasteiger charge is 2.24. The van der Waals surface area contributed by atoms with Crippen LogP contribution in [0.5, 0.6) is 5.75 Å². The number of hydrogen-bond donors (Lipinski definition) is 0. The Morgan fingerprint density at radius 3 is 2.61 bits per heavy atom. The number of hydrogen-bond acceptors (Lipinski definition) is 7. The first kappa shape index (κ1) is 21.4. The molecule has 0 bridgehead atoms. The van der Waals surface area contributed by atoms with Crippen molar-refractivity contribution in [3.63, 3.8) is 0 Å². The molecule has 0 N–H and O–H groups in total. The Hall–Kier alpha value is -2.81. The van der Waals surface area contributed by atoms with Crippen LogP contribution in [0, 0.1) is 0 Å². The van der Waals surface area contributed by atoms with Gasteiger partial charge in [0.2, 0.25) is 0 Å². The van der Waals surface area contributed by atoms with Crippen LogP contribution in [-0.2, 0) is 0 Å². The van der Waals surface area contributed by atoms with E-state index in [0.717, 1.165) is 23.2 Å². The van der Waals surface area contributed by atoms with E-state index >= 15 is 0 Å². The van der Waals surface area contributed by atoms with Crippen molar-refractivity contribution in [1.29, 1.82) is 0 Å². The maximum atomic E-state index is 13.5. The van der Waals surface area contributed by atoms with Gasteiger partial charge in [0.05, 0.1) is 34.1 Å². The first-order valence-electron chi connectivity index (χ1n) is 9.79. The van der Waals surface area contributed by atoms with Gasteiger partial charge in [0, 0.05) is 6.54 Å². The lowest BCUT2D eigenvalue weighted by Crippen LogP contribution is -2.34. The normalized spacial score (nSPS) is 11.4. The highest BCUT2D eigenvalue weighted by Crippen LogP contribution is 2.39. The van der Waals surface area contributed by atoms with E-state index < -0.39 is 0 Å². The molecule has 2 heterocycles. The standard InChI is InChI=1S/C22H22ClN5O2S/c1-27(2)11-6-12-28(21(29)17-13-24-15-7-4-5-8-16(15)25-17)22-26-19-18(30-3)10-9-14(23)20(19)31-22/h4-5,7-10,13H,6,11-12H2,1-3H3. The van der Waals surface area contributed by atoms with Crippen molar-refractivity contribution in [3.05, 3.63) is 53.3 Å². The highest BCUT2D eigenvalue weighted by atomic mass is 35.5. The monoisotopic (exact) mass is 455 g/mol. The third-order valence-corrected chi connectivity index (χ3v) is 6.34. The number of thiazole rings is 1. The Morgan fingerprint density at radius 2 is 1.87 bits per heavy atom. The molecule has 0 unspecified atom stereocenters. The Bertz CT molecular complexity index is 1240. The molecule has 4 aromatic rings. The van der Waals surface area contributed by atoms with Crippen molar-refractivity contribution in [2.45, 2.75) is 6.42 Å². The van der Waals surface area contributed by atoms with Crippen LogP contribution in [0.25, 0.3) is 21.3 Å². The van der Waals surface area contributed by atoms with Gasteiger partial charge in [-0.05, 0) is 51.3 Å². The van der Waals surface area contributed by atoms with Gasteiger partial charge in [-0.15, -0.1) is 0 Å². The minimum atomic E-state index is -0.244. The number of aromatic nitrogens is 3. The Morgan fingerprint density at radius 1 is 1.10 bits per heavy atom. The number of rotatable bonds is 7. The van der Waals surface area contributed by atoms with E-state index in [2.05, 4.69) is 14.9 Å². The number of amides is 1. The summed E-state index contributed by atoms with van der Waals surface area (Å²) in [6, 6.07) is 11.0. The molecule has 0 spiro atoms. The maximum Gasteiger partial charge on any atom is 0.280 e. The summed E-state index contributed by atoms with van der Waals surface area (Å²) in [5, 5.41) is 1.13. The van der Waals surface area contributed by atoms with Gasteiger partial charge >= 0.3 is 0 Å². The van der Waals surface area contributed by atoms with Gasteiger partial charge in [-0.3, -0.25) is 14.7 Å². The van der Waals surface area contributed by atoms with Crippen LogP contribution in [0.3, 0.4) is 0 Å². The molecule has 31 heavy (non-hydrogen) atoms. The first-order chi connectivity index (χ1) is 15.0. The molecule has 0 aliphatic heterocycles. The quantitative estimate of drug-likeness (QED) is 0.408. The third kappa shape index (κ3) is 4.46. The number of ether oxygens (including phenoxy) is 1. The van der Waals surface area contributed by atoms with E-state index in [1.807, 2.05) is 38.4 Å². The lowest BCUT2D eigenvalue weighted by Gasteiger charge is -2.20. The largest absolute Gasteiger partial charge is 0.494 e. The molecule has 160 valence electrons. The SMILES string of the molecule is COc1ccc(Cl)c2sc(N(CCCN(C)C)C(=O)c3cnc4ccccc4n3)nc12. The van der Waals surface area contributed by atoms with E-state index in [0.29, 0.717) is 33.5 Å². The minimum Gasteiger partial charge on any atom is -0.494 e. The summed E-state index contributed by atoms with van der Waals surface area (Å²) >= 11 is 7.76. The van der Waals surface area contributed by atoms with E-state index in [4.69, 9.17) is 21.3 Å². The topological polar surface area (TPSA) is 71.5 Å². The van der Waals surface area contributed by atoms with Crippen LogP contribution >= 0.6 is 22.9 Å². The van der Waals surface area contributed by atoms with Crippen molar-refractivity contribution >= 4 is 55.2 Å². The zero-order valence-corrected chi connectivity index (χ0v) is 19.1. The van der Waals surface area contributed by atoms with Gasteiger partial charge in [-0.25, -0.2) is 9.97 Å². The second kappa shape index (κ2) is 9.13. The molecule has 0 saturated heterocycles. The smallest absolute Gasteiger partial charge is 0.280 e. The Labute approximate surface area is 189 Å². The molecule has 1 amide bonds. The van der Waals surface area contributed by atoms with Crippen molar-refractivity contribution < 1.29 is 9.53 Å².